The first kappa shape index (κ1) is 12.5. The van der Waals surface area contributed by atoms with Gasteiger partial charge in [0, 0.05) is 30.7 Å². The van der Waals surface area contributed by atoms with Gasteiger partial charge < -0.3 is 10.6 Å². The van der Waals surface area contributed by atoms with Crippen LogP contribution in [0.15, 0.2) is 18.2 Å². The molecule has 1 fully saturated rings. The second kappa shape index (κ2) is 5.56. The predicted molar refractivity (Wildman–Crippen MR) is 63.7 cm³/mol. The van der Waals surface area contributed by atoms with Crippen LogP contribution in [0.1, 0.15) is 25.3 Å². The van der Waals surface area contributed by atoms with Crippen LogP contribution in [0.5, 0.6) is 0 Å². The molecule has 0 amide bonds. The van der Waals surface area contributed by atoms with Gasteiger partial charge in [-0.25, -0.2) is 8.78 Å². The molecule has 0 aromatic heterocycles. The first-order chi connectivity index (χ1) is 8.16. The molecule has 0 spiro atoms. The van der Waals surface area contributed by atoms with Gasteiger partial charge in [0.1, 0.15) is 0 Å². The van der Waals surface area contributed by atoms with Crippen molar-refractivity contribution in [2.45, 2.75) is 38.4 Å². The highest BCUT2D eigenvalue weighted by Gasteiger charge is 2.20. The second-order valence-electron chi connectivity index (χ2n) is 4.68. The lowest BCUT2D eigenvalue weighted by molar-refractivity contribution is 0.469. The number of nitrogens with one attached hydrogen (secondary N) is 2. The van der Waals surface area contributed by atoms with E-state index >= 15 is 0 Å². The van der Waals surface area contributed by atoms with Gasteiger partial charge in [-0.1, -0.05) is 12.1 Å². The smallest absolute Gasteiger partial charge is 0.163 e. The van der Waals surface area contributed by atoms with Crippen LogP contribution in [0.3, 0.4) is 0 Å². The van der Waals surface area contributed by atoms with E-state index in [1.807, 2.05) is 6.92 Å². The molecule has 0 radical (unpaired) electrons. The van der Waals surface area contributed by atoms with Gasteiger partial charge in [0.25, 0.3) is 0 Å². The molecule has 1 saturated carbocycles. The monoisotopic (exact) mass is 240 g/mol. The van der Waals surface area contributed by atoms with E-state index in [9.17, 15) is 8.78 Å². The first-order valence-electron chi connectivity index (χ1n) is 6.06. The van der Waals surface area contributed by atoms with Crippen LogP contribution >= 0.6 is 0 Å². The summed E-state index contributed by atoms with van der Waals surface area (Å²) in [5, 5.41) is 6.57. The Kier molecular flexibility index (Phi) is 4.07. The molecule has 1 aliphatic rings. The molecule has 1 atom stereocenters. The van der Waals surface area contributed by atoms with Gasteiger partial charge in [-0.3, -0.25) is 0 Å². The van der Waals surface area contributed by atoms with E-state index in [1.54, 1.807) is 6.07 Å². The Morgan fingerprint density at radius 2 is 2.12 bits per heavy atom. The normalized spacial score (nSPS) is 17.1. The standard InChI is InChI=1S/C13H18F2N2/c1-9(7-17-11-5-6-11)16-8-10-3-2-4-12(14)13(10)15/h2-4,9,11,16-17H,5-8H2,1H3. The highest BCUT2D eigenvalue weighted by atomic mass is 19.2. The number of hydrogen-bond donors (Lipinski definition) is 2. The molecule has 1 aliphatic carbocycles. The summed E-state index contributed by atoms with van der Waals surface area (Å²) >= 11 is 0. The Morgan fingerprint density at radius 1 is 1.35 bits per heavy atom. The van der Waals surface area contributed by atoms with Gasteiger partial charge in [0.05, 0.1) is 0 Å². The zero-order valence-electron chi connectivity index (χ0n) is 9.97. The molecule has 0 heterocycles. The van der Waals surface area contributed by atoms with E-state index < -0.39 is 11.6 Å². The van der Waals surface area contributed by atoms with E-state index in [1.165, 1.54) is 18.9 Å². The molecule has 0 bridgehead atoms. The number of halogens is 2. The van der Waals surface area contributed by atoms with Crippen molar-refractivity contribution in [1.82, 2.24) is 10.6 Å². The maximum absolute atomic E-state index is 13.3. The molecule has 1 unspecified atom stereocenters. The minimum atomic E-state index is -0.784. The average molecular weight is 240 g/mol. The number of hydrogen-bond acceptors (Lipinski definition) is 2. The van der Waals surface area contributed by atoms with Gasteiger partial charge >= 0.3 is 0 Å². The fourth-order valence-electron chi connectivity index (χ4n) is 1.67. The van der Waals surface area contributed by atoms with Crippen molar-refractivity contribution in [2.24, 2.45) is 0 Å². The third kappa shape index (κ3) is 3.75. The highest BCUT2D eigenvalue weighted by Crippen LogP contribution is 2.18. The lowest BCUT2D eigenvalue weighted by atomic mass is 10.2. The van der Waals surface area contributed by atoms with Crippen LogP contribution < -0.4 is 10.6 Å². The third-order valence-corrected chi connectivity index (χ3v) is 2.96. The molecular weight excluding hydrogens is 222 g/mol. The molecule has 0 saturated heterocycles. The summed E-state index contributed by atoms with van der Waals surface area (Å²) in [7, 11) is 0. The SMILES string of the molecule is CC(CNC1CC1)NCc1cccc(F)c1F. The van der Waals surface area contributed by atoms with Crippen molar-refractivity contribution in [3.8, 4) is 0 Å². The molecule has 2 rings (SSSR count). The minimum Gasteiger partial charge on any atom is -0.312 e. The van der Waals surface area contributed by atoms with E-state index in [0.29, 0.717) is 18.2 Å². The van der Waals surface area contributed by atoms with Crippen molar-refractivity contribution >= 4 is 0 Å². The fraction of sp³-hybridized carbons (Fsp3) is 0.538. The quantitative estimate of drug-likeness (QED) is 0.796. The molecule has 1 aromatic carbocycles. The van der Waals surface area contributed by atoms with Crippen LogP contribution in [0.4, 0.5) is 8.78 Å². The van der Waals surface area contributed by atoms with Crippen LogP contribution in [0.2, 0.25) is 0 Å². The minimum absolute atomic E-state index is 0.248. The molecule has 1 aromatic rings. The number of rotatable bonds is 6. The van der Waals surface area contributed by atoms with Crippen molar-refractivity contribution in [2.75, 3.05) is 6.54 Å². The van der Waals surface area contributed by atoms with E-state index in [0.717, 1.165) is 12.6 Å². The lowest BCUT2D eigenvalue weighted by Crippen LogP contribution is -2.36. The molecule has 17 heavy (non-hydrogen) atoms. The summed E-state index contributed by atoms with van der Waals surface area (Å²) in [6, 6.07) is 5.19. The van der Waals surface area contributed by atoms with Gasteiger partial charge in [0.15, 0.2) is 11.6 Å². The predicted octanol–water partition coefficient (Wildman–Crippen LogP) is 2.19. The second-order valence-corrected chi connectivity index (χ2v) is 4.68. The summed E-state index contributed by atoms with van der Waals surface area (Å²) < 4.78 is 26.3. The Labute approximate surface area is 100 Å². The first-order valence-corrected chi connectivity index (χ1v) is 6.06. The van der Waals surface area contributed by atoms with Crippen molar-refractivity contribution in [1.29, 1.82) is 0 Å². The fourth-order valence-corrected chi connectivity index (χ4v) is 1.67. The summed E-state index contributed by atoms with van der Waals surface area (Å²) in [4.78, 5) is 0. The summed E-state index contributed by atoms with van der Waals surface area (Å²) in [6.45, 7) is 3.26. The van der Waals surface area contributed by atoms with Gasteiger partial charge in [-0.05, 0) is 25.8 Å². The Balaban J connectivity index is 1.77. The van der Waals surface area contributed by atoms with E-state index in [2.05, 4.69) is 10.6 Å². The Hall–Kier alpha value is -1.00. The van der Waals surface area contributed by atoms with Crippen LogP contribution in [-0.4, -0.2) is 18.6 Å². The highest BCUT2D eigenvalue weighted by molar-refractivity contribution is 5.18. The van der Waals surface area contributed by atoms with E-state index in [-0.39, 0.29) is 6.04 Å². The van der Waals surface area contributed by atoms with E-state index in [4.69, 9.17) is 0 Å². The van der Waals surface area contributed by atoms with Gasteiger partial charge in [-0.15, -0.1) is 0 Å². The Bertz CT molecular complexity index is 378. The average Bonchev–Trinajstić information content (AvgIpc) is 3.12. The molecule has 2 nitrogen and oxygen atoms in total. The van der Waals surface area contributed by atoms with Crippen molar-refractivity contribution in [3.05, 3.63) is 35.4 Å². The maximum atomic E-state index is 13.3. The van der Waals surface area contributed by atoms with Crippen molar-refractivity contribution < 1.29 is 8.78 Å². The number of benzene rings is 1. The zero-order chi connectivity index (χ0) is 12.3. The summed E-state index contributed by atoms with van der Waals surface area (Å²) in [5.74, 6) is -1.53. The molecule has 2 N–H and O–H groups in total. The van der Waals surface area contributed by atoms with Gasteiger partial charge in [-0.2, -0.15) is 0 Å². The topological polar surface area (TPSA) is 24.1 Å². The zero-order valence-corrected chi connectivity index (χ0v) is 9.97. The van der Waals surface area contributed by atoms with Crippen LogP contribution in [-0.2, 0) is 6.54 Å². The Morgan fingerprint density at radius 3 is 2.82 bits per heavy atom. The largest absolute Gasteiger partial charge is 0.312 e. The molecule has 0 aliphatic heterocycles. The van der Waals surface area contributed by atoms with Crippen molar-refractivity contribution in [3.63, 3.8) is 0 Å². The van der Waals surface area contributed by atoms with Gasteiger partial charge in [0.2, 0.25) is 0 Å². The molecule has 94 valence electrons. The lowest BCUT2D eigenvalue weighted by Gasteiger charge is -2.14. The summed E-state index contributed by atoms with van der Waals surface area (Å²) in [5.41, 5.74) is 0.378. The molecular formula is C13H18F2N2. The third-order valence-electron chi connectivity index (χ3n) is 2.96. The summed E-state index contributed by atoms with van der Waals surface area (Å²) in [6.07, 6.45) is 2.51. The van der Waals surface area contributed by atoms with Crippen LogP contribution in [0, 0.1) is 11.6 Å². The maximum Gasteiger partial charge on any atom is 0.163 e. The molecule has 4 heteroatoms. The van der Waals surface area contributed by atoms with Crippen LogP contribution in [0.25, 0.3) is 0 Å².